The van der Waals surface area contributed by atoms with Gasteiger partial charge in [-0.25, -0.2) is 0 Å². The molecule has 1 aromatic heterocycles. The molecule has 1 aromatic rings. The second kappa shape index (κ2) is 6.82. The lowest BCUT2D eigenvalue weighted by Gasteiger charge is -2.16. The lowest BCUT2D eigenvalue weighted by atomic mass is 10.2. The third-order valence-electron chi connectivity index (χ3n) is 2.26. The fourth-order valence-electron chi connectivity index (χ4n) is 1.42. The van der Waals surface area contributed by atoms with E-state index < -0.39 is 0 Å². The molecule has 6 heteroatoms. The molecule has 0 fully saturated rings. The Morgan fingerprint density at radius 3 is 2.88 bits per heavy atom. The van der Waals surface area contributed by atoms with Crippen LogP contribution in [0.3, 0.4) is 0 Å². The summed E-state index contributed by atoms with van der Waals surface area (Å²) in [5.41, 5.74) is 5.61. The van der Waals surface area contributed by atoms with E-state index >= 15 is 0 Å². The molecular formula is C11H17N3O3. The first kappa shape index (κ1) is 13.4. The molecule has 1 atom stereocenters. The van der Waals surface area contributed by atoms with Crippen molar-refractivity contribution in [1.29, 1.82) is 0 Å². The molecule has 0 saturated carbocycles. The Bertz CT molecular complexity index is 390. The normalized spacial score (nSPS) is 12.1. The summed E-state index contributed by atoms with van der Waals surface area (Å²) < 4.78 is 4.98. The van der Waals surface area contributed by atoms with E-state index in [1.54, 1.807) is 7.11 Å². The van der Waals surface area contributed by atoms with Crippen LogP contribution in [0.4, 0.5) is 0 Å². The van der Waals surface area contributed by atoms with Gasteiger partial charge in [0.25, 0.3) is 5.91 Å². The van der Waals surface area contributed by atoms with Crippen molar-refractivity contribution >= 4 is 5.91 Å². The van der Waals surface area contributed by atoms with Crippen molar-refractivity contribution in [3.05, 3.63) is 34.2 Å². The van der Waals surface area contributed by atoms with E-state index in [0.717, 1.165) is 0 Å². The maximum absolute atomic E-state index is 11.8. The van der Waals surface area contributed by atoms with E-state index in [0.29, 0.717) is 25.1 Å². The number of rotatable bonds is 6. The van der Waals surface area contributed by atoms with E-state index in [9.17, 15) is 9.59 Å². The molecule has 0 spiro atoms. The second-order valence-electron chi connectivity index (χ2n) is 3.64. The van der Waals surface area contributed by atoms with Gasteiger partial charge < -0.3 is 20.8 Å². The van der Waals surface area contributed by atoms with Gasteiger partial charge in [-0.2, -0.15) is 0 Å². The fourth-order valence-corrected chi connectivity index (χ4v) is 1.42. The molecule has 6 nitrogen and oxygen atoms in total. The minimum absolute atomic E-state index is 0.121. The van der Waals surface area contributed by atoms with Crippen molar-refractivity contribution in [3.63, 3.8) is 0 Å². The first-order chi connectivity index (χ1) is 8.17. The number of ether oxygens (including phenoxy) is 1. The number of H-pyrrole nitrogens is 1. The number of aromatic amines is 1. The minimum atomic E-state index is -0.253. The van der Waals surface area contributed by atoms with Crippen LogP contribution in [0.5, 0.6) is 0 Å². The number of carbonyl (C=O) groups excluding carboxylic acids is 1. The molecule has 1 amide bonds. The molecule has 0 bridgehead atoms. The SMILES string of the molecule is COCC(CCN)NC(=O)c1ccc(=O)[nH]c1. The summed E-state index contributed by atoms with van der Waals surface area (Å²) in [6.45, 7) is 0.881. The summed E-state index contributed by atoms with van der Waals surface area (Å²) in [6.07, 6.45) is 2.02. The monoisotopic (exact) mass is 239 g/mol. The quantitative estimate of drug-likeness (QED) is 0.621. The van der Waals surface area contributed by atoms with Crippen LogP contribution >= 0.6 is 0 Å². The van der Waals surface area contributed by atoms with Crippen LogP contribution in [-0.2, 0) is 4.74 Å². The zero-order valence-electron chi connectivity index (χ0n) is 9.73. The van der Waals surface area contributed by atoms with Gasteiger partial charge in [0.05, 0.1) is 18.2 Å². The van der Waals surface area contributed by atoms with Crippen molar-refractivity contribution in [3.8, 4) is 0 Å². The molecule has 17 heavy (non-hydrogen) atoms. The summed E-state index contributed by atoms with van der Waals surface area (Å²) in [7, 11) is 1.57. The number of pyridine rings is 1. The number of methoxy groups -OCH3 is 1. The van der Waals surface area contributed by atoms with Gasteiger partial charge >= 0.3 is 0 Å². The zero-order chi connectivity index (χ0) is 12.7. The molecule has 1 heterocycles. The lowest BCUT2D eigenvalue weighted by Crippen LogP contribution is -2.39. The van der Waals surface area contributed by atoms with E-state index in [1.807, 2.05) is 0 Å². The summed E-state index contributed by atoms with van der Waals surface area (Å²) in [5.74, 6) is -0.253. The average molecular weight is 239 g/mol. The van der Waals surface area contributed by atoms with Gasteiger partial charge in [-0.3, -0.25) is 9.59 Å². The number of carbonyl (C=O) groups is 1. The molecule has 0 radical (unpaired) electrons. The molecule has 4 N–H and O–H groups in total. The Labute approximate surface area is 99.2 Å². The number of nitrogens with two attached hydrogens (primary N) is 1. The molecule has 1 unspecified atom stereocenters. The van der Waals surface area contributed by atoms with Gasteiger partial charge in [-0.1, -0.05) is 0 Å². The van der Waals surface area contributed by atoms with Crippen molar-refractivity contribution in [2.24, 2.45) is 5.73 Å². The fraction of sp³-hybridized carbons (Fsp3) is 0.455. The van der Waals surface area contributed by atoms with Gasteiger partial charge in [0.1, 0.15) is 0 Å². The van der Waals surface area contributed by atoms with Crippen LogP contribution in [0.15, 0.2) is 23.1 Å². The molecule has 0 aliphatic heterocycles. The molecule has 1 rings (SSSR count). The number of hydrogen-bond acceptors (Lipinski definition) is 4. The van der Waals surface area contributed by atoms with Crippen molar-refractivity contribution in [1.82, 2.24) is 10.3 Å². The van der Waals surface area contributed by atoms with Gasteiger partial charge in [0.15, 0.2) is 0 Å². The highest BCUT2D eigenvalue weighted by atomic mass is 16.5. The lowest BCUT2D eigenvalue weighted by molar-refractivity contribution is 0.0893. The first-order valence-corrected chi connectivity index (χ1v) is 5.36. The predicted octanol–water partition coefficient (Wildman–Crippen LogP) is -0.531. The van der Waals surface area contributed by atoms with Crippen molar-refractivity contribution in [2.75, 3.05) is 20.3 Å². The summed E-state index contributed by atoms with van der Waals surface area (Å²) in [5, 5.41) is 2.79. The maximum Gasteiger partial charge on any atom is 0.253 e. The predicted molar refractivity (Wildman–Crippen MR) is 63.9 cm³/mol. The summed E-state index contributed by atoms with van der Waals surface area (Å²) >= 11 is 0. The molecular weight excluding hydrogens is 222 g/mol. The van der Waals surface area contributed by atoms with Gasteiger partial charge in [0.2, 0.25) is 5.56 Å². The number of amides is 1. The van der Waals surface area contributed by atoms with Crippen LogP contribution in [0.2, 0.25) is 0 Å². The highest BCUT2D eigenvalue weighted by Crippen LogP contribution is 1.97. The Morgan fingerprint density at radius 2 is 2.35 bits per heavy atom. The van der Waals surface area contributed by atoms with Crippen LogP contribution in [0.1, 0.15) is 16.8 Å². The van der Waals surface area contributed by atoms with Gasteiger partial charge in [0, 0.05) is 19.4 Å². The van der Waals surface area contributed by atoms with Crippen LogP contribution in [0, 0.1) is 0 Å². The highest BCUT2D eigenvalue weighted by molar-refractivity contribution is 5.93. The standard InChI is InChI=1S/C11H17N3O3/c1-17-7-9(4-5-12)14-11(16)8-2-3-10(15)13-6-8/h2-3,6,9H,4-5,7,12H2,1H3,(H,13,15)(H,14,16). The maximum atomic E-state index is 11.8. The molecule has 0 saturated heterocycles. The Morgan fingerprint density at radius 1 is 1.59 bits per heavy atom. The third kappa shape index (κ3) is 4.38. The Balaban J connectivity index is 2.63. The van der Waals surface area contributed by atoms with E-state index in [1.165, 1.54) is 18.3 Å². The third-order valence-corrected chi connectivity index (χ3v) is 2.26. The Hall–Kier alpha value is -1.66. The number of hydrogen-bond donors (Lipinski definition) is 3. The van der Waals surface area contributed by atoms with Crippen molar-refractivity contribution in [2.45, 2.75) is 12.5 Å². The van der Waals surface area contributed by atoms with E-state index in [2.05, 4.69) is 10.3 Å². The molecule has 0 aliphatic rings. The smallest absolute Gasteiger partial charge is 0.253 e. The molecule has 94 valence electrons. The minimum Gasteiger partial charge on any atom is -0.383 e. The highest BCUT2D eigenvalue weighted by Gasteiger charge is 2.12. The van der Waals surface area contributed by atoms with E-state index in [4.69, 9.17) is 10.5 Å². The average Bonchev–Trinajstić information content (AvgIpc) is 2.30. The van der Waals surface area contributed by atoms with Crippen LogP contribution in [-0.4, -0.2) is 37.2 Å². The number of nitrogens with one attached hydrogen (secondary N) is 2. The van der Waals surface area contributed by atoms with Gasteiger partial charge in [-0.05, 0) is 19.0 Å². The van der Waals surface area contributed by atoms with E-state index in [-0.39, 0.29) is 17.5 Å². The Kier molecular flexibility index (Phi) is 5.38. The van der Waals surface area contributed by atoms with Gasteiger partial charge in [-0.15, -0.1) is 0 Å². The summed E-state index contributed by atoms with van der Waals surface area (Å²) in [6, 6.07) is 2.66. The topological polar surface area (TPSA) is 97.2 Å². The largest absolute Gasteiger partial charge is 0.383 e. The van der Waals surface area contributed by atoms with Crippen molar-refractivity contribution < 1.29 is 9.53 Å². The zero-order valence-corrected chi connectivity index (χ0v) is 9.73. The molecule has 0 aliphatic carbocycles. The second-order valence-corrected chi connectivity index (χ2v) is 3.64. The van der Waals surface area contributed by atoms with Crippen LogP contribution < -0.4 is 16.6 Å². The van der Waals surface area contributed by atoms with Crippen LogP contribution in [0.25, 0.3) is 0 Å². The first-order valence-electron chi connectivity index (χ1n) is 5.36. The molecule has 0 aromatic carbocycles. The summed E-state index contributed by atoms with van der Waals surface area (Å²) in [4.78, 5) is 25.1. The number of aromatic nitrogens is 1.